The maximum absolute atomic E-state index is 13.5. The minimum atomic E-state index is -0.591. The van der Waals surface area contributed by atoms with E-state index in [4.69, 9.17) is 14.6 Å². The Morgan fingerprint density at radius 1 is 1.09 bits per heavy atom. The fraction of sp³-hybridized carbons (Fsp3) is 0.464. The van der Waals surface area contributed by atoms with Gasteiger partial charge in [0.1, 0.15) is 11.6 Å². The van der Waals surface area contributed by atoms with Crippen LogP contribution in [0.15, 0.2) is 54.6 Å². The van der Waals surface area contributed by atoms with Crippen LogP contribution in [0.25, 0.3) is 5.69 Å². The maximum atomic E-state index is 13.5. The molecule has 0 aliphatic rings. The lowest BCUT2D eigenvalue weighted by molar-refractivity contribution is 0.00658. The molecule has 0 radical (unpaired) electrons. The van der Waals surface area contributed by atoms with Crippen molar-refractivity contribution in [3.63, 3.8) is 0 Å². The standard InChI is InChI=1S/C28H38FN3O3/c1-5-7-17-34-20-25(33)18-31(21(3)6-2)19-27-22(4)30-32(24-11-9-8-10-12-24)28(27)35-26-15-13-23(29)14-16-26/h8-16,21,25,33H,5-7,17-20H2,1-4H3/t21-,25-/m0/s1. The highest BCUT2D eigenvalue weighted by atomic mass is 19.1. The summed E-state index contributed by atoms with van der Waals surface area (Å²) in [6.45, 7) is 10.4. The predicted molar refractivity (Wildman–Crippen MR) is 137 cm³/mol. The van der Waals surface area contributed by atoms with Crippen molar-refractivity contribution >= 4 is 0 Å². The lowest BCUT2D eigenvalue weighted by Crippen LogP contribution is -2.40. The van der Waals surface area contributed by atoms with Crippen LogP contribution in [-0.2, 0) is 11.3 Å². The number of aliphatic hydroxyl groups excluding tert-OH is 1. The molecule has 0 aliphatic heterocycles. The molecular formula is C28H38FN3O3. The molecule has 0 fully saturated rings. The van der Waals surface area contributed by atoms with Crippen molar-refractivity contribution in [3.8, 4) is 17.3 Å². The Morgan fingerprint density at radius 3 is 2.46 bits per heavy atom. The van der Waals surface area contributed by atoms with Gasteiger partial charge >= 0.3 is 0 Å². The van der Waals surface area contributed by atoms with E-state index in [0.717, 1.165) is 36.2 Å². The van der Waals surface area contributed by atoms with Gasteiger partial charge in [0, 0.05) is 25.7 Å². The number of unbranched alkanes of at least 4 members (excludes halogenated alkanes) is 1. The van der Waals surface area contributed by atoms with Crippen LogP contribution in [0.5, 0.6) is 11.6 Å². The summed E-state index contributed by atoms with van der Waals surface area (Å²) in [4.78, 5) is 2.24. The molecule has 0 aliphatic carbocycles. The van der Waals surface area contributed by atoms with Gasteiger partial charge in [-0.2, -0.15) is 5.10 Å². The molecule has 6 nitrogen and oxygen atoms in total. The maximum Gasteiger partial charge on any atom is 0.227 e. The summed E-state index contributed by atoms with van der Waals surface area (Å²) in [5.41, 5.74) is 2.64. The topological polar surface area (TPSA) is 59.8 Å². The van der Waals surface area contributed by atoms with Crippen LogP contribution in [0.2, 0.25) is 0 Å². The minimum Gasteiger partial charge on any atom is -0.439 e. The summed E-state index contributed by atoms with van der Waals surface area (Å²) in [7, 11) is 0. The van der Waals surface area contributed by atoms with Gasteiger partial charge in [0.2, 0.25) is 5.88 Å². The molecule has 0 bridgehead atoms. The molecule has 0 saturated carbocycles. The summed E-state index contributed by atoms with van der Waals surface area (Å²) in [5, 5.41) is 15.5. The normalized spacial score (nSPS) is 13.2. The molecule has 190 valence electrons. The SMILES string of the molecule is CCCCOC[C@@H](O)CN(Cc1c(C)nn(-c2ccccc2)c1Oc1ccc(F)cc1)[C@@H](C)CC. The van der Waals surface area contributed by atoms with Gasteiger partial charge in [-0.1, -0.05) is 38.5 Å². The first-order valence-corrected chi connectivity index (χ1v) is 12.5. The van der Waals surface area contributed by atoms with Gasteiger partial charge in [0.15, 0.2) is 0 Å². The van der Waals surface area contributed by atoms with E-state index in [9.17, 15) is 9.50 Å². The molecule has 7 heteroatoms. The number of aryl methyl sites for hydroxylation is 1. The van der Waals surface area contributed by atoms with E-state index in [1.54, 1.807) is 16.8 Å². The molecular weight excluding hydrogens is 445 g/mol. The number of aromatic nitrogens is 2. The van der Waals surface area contributed by atoms with Crippen molar-refractivity contribution in [3.05, 3.63) is 71.7 Å². The molecule has 1 N–H and O–H groups in total. The van der Waals surface area contributed by atoms with Gasteiger partial charge in [0.05, 0.1) is 29.7 Å². The highest BCUT2D eigenvalue weighted by Crippen LogP contribution is 2.32. The predicted octanol–water partition coefficient (Wildman–Crippen LogP) is 5.89. The number of hydrogen-bond donors (Lipinski definition) is 1. The van der Waals surface area contributed by atoms with E-state index in [1.807, 2.05) is 37.3 Å². The highest BCUT2D eigenvalue weighted by molar-refractivity contribution is 5.43. The lowest BCUT2D eigenvalue weighted by atomic mass is 10.1. The molecule has 0 spiro atoms. The monoisotopic (exact) mass is 483 g/mol. The quantitative estimate of drug-likeness (QED) is 0.290. The van der Waals surface area contributed by atoms with Crippen molar-refractivity contribution in [1.29, 1.82) is 0 Å². The average molecular weight is 484 g/mol. The summed E-state index contributed by atoms with van der Waals surface area (Å²) in [6, 6.07) is 16.0. The Labute approximate surface area is 208 Å². The van der Waals surface area contributed by atoms with E-state index in [-0.39, 0.29) is 11.9 Å². The second-order valence-corrected chi connectivity index (χ2v) is 8.94. The number of hydrogen-bond acceptors (Lipinski definition) is 5. The minimum absolute atomic E-state index is 0.235. The molecule has 3 rings (SSSR count). The van der Waals surface area contributed by atoms with Crippen LogP contribution in [0.3, 0.4) is 0 Å². The second kappa shape index (κ2) is 13.4. The van der Waals surface area contributed by atoms with Crippen molar-refractivity contribution in [1.82, 2.24) is 14.7 Å². The fourth-order valence-electron chi connectivity index (χ4n) is 3.83. The summed E-state index contributed by atoms with van der Waals surface area (Å²) in [5.74, 6) is 0.801. The van der Waals surface area contributed by atoms with Gasteiger partial charge in [-0.3, -0.25) is 4.90 Å². The zero-order valence-corrected chi connectivity index (χ0v) is 21.3. The van der Waals surface area contributed by atoms with Crippen molar-refractivity contribution in [2.45, 2.75) is 65.6 Å². The van der Waals surface area contributed by atoms with Gasteiger partial charge in [-0.15, -0.1) is 0 Å². The Hall–Kier alpha value is -2.74. The van der Waals surface area contributed by atoms with Crippen LogP contribution in [0.1, 0.15) is 51.3 Å². The largest absolute Gasteiger partial charge is 0.439 e. The summed E-state index contributed by atoms with van der Waals surface area (Å²) in [6.07, 6.45) is 2.40. The van der Waals surface area contributed by atoms with Crippen LogP contribution in [-0.4, -0.2) is 51.7 Å². The van der Waals surface area contributed by atoms with Crippen molar-refractivity contribution < 1.29 is 19.0 Å². The van der Waals surface area contributed by atoms with Crippen LogP contribution < -0.4 is 4.74 Å². The number of benzene rings is 2. The number of ether oxygens (including phenoxy) is 2. The molecule has 1 aromatic heterocycles. The second-order valence-electron chi connectivity index (χ2n) is 8.94. The highest BCUT2D eigenvalue weighted by Gasteiger charge is 2.24. The Kier molecular flexibility index (Phi) is 10.3. The number of rotatable bonds is 14. The first-order valence-electron chi connectivity index (χ1n) is 12.5. The van der Waals surface area contributed by atoms with Crippen molar-refractivity contribution in [2.75, 3.05) is 19.8 Å². The third-order valence-corrected chi connectivity index (χ3v) is 6.14. The molecule has 0 unspecified atom stereocenters. The molecule has 35 heavy (non-hydrogen) atoms. The Balaban J connectivity index is 1.90. The van der Waals surface area contributed by atoms with Crippen LogP contribution in [0, 0.1) is 12.7 Å². The number of para-hydroxylation sites is 1. The average Bonchev–Trinajstić information content (AvgIpc) is 3.17. The zero-order chi connectivity index (χ0) is 25.2. The van der Waals surface area contributed by atoms with Crippen LogP contribution >= 0.6 is 0 Å². The van der Waals surface area contributed by atoms with E-state index in [1.165, 1.54) is 12.1 Å². The molecule has 0 amide bonds. The molecule has 1 heterocycles. The van der Waals surface area contributed by atoms with Gasteiger partial charge in [-0.25, -0.2) is 9.07 Å². The van der Waals surface area contributed by atoms with Gasteiger partial charge < -0.3 is 14.6 Å². The summed E-state index contributed by atoms with van der Waals surface area (Å²) < 4.78 is 27.2. The van der Waals surface area contributed by atoms with E-state index < -0.39 is 6.10 Å². The number of aliphatic hydroxyl groups is 1. The van der Waals surface area contributed by atoms with E-state index in [0.29, 0.717) is 37.9 Å². The van der Waals surface area contributed by atoms with Gasteiger partial charge in [0.25, 0.3) is 0 Å². The smallest absolute Gasteiger partial charge is 0.227 e. The van der Waals surface area contributed by atoms with Crippen molar-refractivity contribution in [2.24, 2.45) is 0 Å². The molecule has 3 aromatic rings. The Morgan fingerprint density at radius 2 is 1.80 bits per heavy atom. The first kappa shape index (κ1) is 26.9. The van der Waals surface area contributed by atoms with Crippen LogP contribution in [0.4, 0.5) is 4.39 Å². The first-order chi connectivity index (χ1) is 16.9. The molecule has 2 atom stereocenters. The molecule has 2 aromatic carbocycles. The molecule has 0 saturated heterocycles. The Bertz CT molecular complexity index is 1020. The lowest BCUT2D eigenvalue weighted by Gasteiger charge is -2.30. The fourth-order valence-corrected chi connectivity index (χ4v) is 3.83. The zero-order valence-electron chi connectivity index (χ0n) is 21.3. The number of halogens is 1. The third-order valence-electron chi connectivity index (χ3n) is 6.14. The number of nitrogens with zero attached hydrogens (tertiary/aromatic N) is 3. The van der Waals surface area contributed by atoms with Gasteiger partial charge in [-0.05, 0) is 63.1 Å². The third kappa shape index (κ3) is 7.62. The summed E-state index contributed by atoms with van der Waals surface area (Å²) >= 11 is 0. The van der Waals surface area contributed by atoms with E-state index in [2.05, 4.69) is 25.7 Å². The van der Waals surface area contributed by atoms with E-state index >= 15 is 0 Å².